The van der Waals surface area contributed by atoms with Crippen LogP contribution < -0.4 is 14.8 Å². The highest BCUT2D eigenvalue weighted by Gasteiger charge is 2.22. The van der Waals surface area contributed by atoms with E-state index in [9.17, 15) is 0 Å². The molecule has 0 saturated heterocycles. The van der Waals surface area contributed by atoms with Gasteiger partial charge in [-0.2, -0.15) is 0 Å². The molecule has 0 aromatic heterocycles. The molecule has 0 amide bonds. The van der Waals surface area contributed by atoms with E-state index in [4.69, 9.17) is 21.1 Å². The normalized spacial score (nSPS) is 17.0. The highest BCUT2D eigenvalue weighted by molar-refractivity contribution is 6.30. The van der Waals surface area contributed by atoms with Crippen molar-refractivity contribution in [3.05, 3.63) is 53.1 Å². The highest BCUT2D eigenvalue weighted by atomic mass is 35.5. The molecule has 1 atom stereocenters. The summed E-state index contributed by atoms with van der Waals surface area (Å²) in [4.78, 5) is 0. The second kappa shape index (κ2) is 5.63. The largest absolute Gasteiger partial charge is 0.497 e. The third-order valence-electron chi connectivity index (χ3n) is 3.42. The van der Waals surface area contributed by atoms with Crippen LogP contribution >= 0.6 is 11.6 Å². The molecule has 3 rings (SSSR count). The predicted molar refractivity (Wildman–Crippen MR) is 80.9 cm³/mol. The van der Waals surface area contributed by atoms with Crippen LogP contribution in [-0.2, 0) is 0 Å². The van der Waals surface area contributed by atoms with E-state index in [1.54, 1.807) is 7.11 Å². The van der Waals surface area contributed by atoms with E-state index in [2.05, 4.69) is 5.32 Å². The van der Waals surface area contributed by atoms with Gasteiger partial charge >= 0.3 is 0 Å². The maximum Gasteiger partial charge on any atom is 0.124 e. The quantitative estimate of drug-likeness (QED) is 0.914. The van der Waals surface area contributed by atoms with Crippen molar-refractivity contribution in [1.29, 1.82) is 0 Å². The van der Waals surface area contributed by atoms with E-state index in [0.717, 1.165) is 34.2 Å². The first-order valence-electron chi connectivity index (χ1n) is 6.59. The third-order valence-corrected chi connectivity index (χ3v) is 3.66. The molecule has 0 saturated carbocycles. The van der Waals surface area contributed by atoms with Crippen LogP contribution in [0.1, 0.15) is 18.0 Å². The number of methoxy groups -OCH3 is 1. The minimum Gasteiger partial charge on any atom is -0.497 e. The number of rotatable bonds is 3. The first kappa shape index (κ1) is 13.1. The number of benzene rings is 2. The van der Waals surface area contributed by atoms with Gasteiger partial charge in [0.1, 0.15) is 11.5 Å². The number of anilines is 1. The molecule has 0 spiro atoms. The van der Waals surface area contributed by atoms with Gasteiger partial charge in [0.05, 0.1) is 19.8 Å². The number of halogens is 1. The Morgan fingerprint density at radius 3 is 2.95 bits per heavy atom. The van der Waals surface area contributed by atoms with Gasteiger partial charge in [-0.1, -0.05) is 17.7 Å². The second-order valence-electron chi connectivity index (χ2n) is 4.75. The number of hydrogen-bond donors (Lipinski definition) is 1. The molecule has 104 valence electrons. The zero-order valence-corrected chi connectivity index (χ0v) is 12.0. The van der Waals surface area contributed by atoms with E-state index in [1.807, 2.05) is 42.5 Å². The predicted octanol–water partition coefficient (Wildman–Crippen LogP) is 4.28. The molecular formula is C16H16ClNO2. The Bertz CT molecular complexity index is 615. The smallest absolute Gasteiger partial charge is 0.124 e. The molecule has 0 fully saturated rings. The van der Waals surface area contributed by atoms with Crippen LogP contribution in [0.25, 0.3) is 0 Å². The van der Waals surface area contributed by atoms with E-state index in [1.165, 1.54) is 0 Å². The molecule has 3 nitrogen and oxygen atoms in total. The molecule has 1 aliphatic heterocycles. The topological polar surface area (TPSA) is 30.5 Å². The molecule has 1 unspecified atom stereocenters. The van der Waals surface area contributed by atoms with Gasteiger partial charge in [0.15, 0.2) is 0 Å². The van der Waals surface area contributed by atoms with Gasteiger partial charge < -0.3 is 14.8 Å². The number of hydrogen-bond acceptors (Lipinski definition) is 3. The molecule has 0 radical (unpaired) electrons. The molecule has 2 aromatic carbocycles. The van der Waals surface area contributed by atoms with Crippen LogP contribution in [0, 0.1) is 0 Å². The molecule has 0 bridgehead atoms. The van der Waals surface area contributed by atoms with Crippen molar-refractivity contribution in [1.82, 2.24) is 0 Å². The van der Waals surface area contributed by atoms with Crippen LogP contribution in [0.15, 0.2) is 42.5 Å². The number of ether oxygens (including phenoxy) is 2. The maximum absolute atomic E-state index is 6.03. The fourth-order valence-electron chi connectivity index (χ4n) is 2.43. The molecule has 20 heavy (non-hydrogen) atoms. The molecular weight excluding hydrogens is 274 g/mol. The van der Waals surface area contributed by atoms with Crippen LogP contribution in [0.4, 0.5) is 5.69 Å². The average molecular weight is 290 g/mol. The summed E-state index contributed by atoms with van der Waals surface area (Å²) in [5.74, 6) is 1.75. The van der Waals surface area contributed by atoms with E-state index >= 15 is 0 Å². The summed E-state index contributed by atoms with van der Waals surface area (Å²) >= 11 is 6.03. The first-order chi connectivity index (χ1) is 9.76. The zero-order chi connectivity index (χ0) is 13.9. The lowest BCUT2D eigenvalue weighted by Gasteiger charge is -2.28. The Morgan fingerprint density at radius 1 is 1.25 bits per heavy atom. The van der Waals surface area contributed by atoms with Crippen LogP contribution in [0.5, 0.6) is 11.5 Å². The van der Waals surface area contributed by atoms with Gasteiger partial charge in [-0.05, 0) is 36.4 Å². The molecule has 1 aliphatic rings. The minimum atomic E-state index is 0.201. The Balaban J connectivity index is 1.89. The lowest BCUT2D eigenvalue weighted by Crippen LogP contribution is -2.20. The Kier molecular flexibility index (Phi) is 3.70. The lowest BCUT2D eigenvalue weighted by molar-refractivity contribution is 0.273. The Morgan fingerprint density at radius 2 is 2.15 bits per heavy atom. The van der Waals surface area contributed by atoms with Gasteiger partial charge in [-0.3, -0.25) is 0 Å². The van der Waals surface area contributed by atoms with E-state index in [-0.39, 0.29) is 6.04 Å². The fraction of sp³-hybridized carbons (Fsp3) is 0.250. The van der Waals surface area contributed by atoms with Gasteiger partial charge in [0.25, 0.3) is 0 Å². The van der Waals surface area contributed by atoms with Gasteiger partial charge in [-0.15, -0.1) is 0 Å². The van der Waals surface area contributed by atoms with Crippen molar-refractivity contribution in [2.75, 3.05) is 19.0 Å². The summed E-state index contributed by atoms with van der Waals surface area (Å²) < 4.78 is 11.0. The minimum absolute atomic E-state index is 0.201. The fourth-order valence-corrected chi connectivity index (χ4v) is 2.62. The van der Waals surface area contributed by atoms with Crippen molar-refractivity contribution in [2.24, 2.45) is 0 Å². The van der Waals surface area contributed by atoms with Gasteiger partial charge in [-0.25, -0.2) is 0 Å². The summed E-state index contributed by atoms with van der Waals surface area (Å²) in [7, 11) is 1.67. The molecule has 1 N–H and O–H groups in total. The summed E-state index contributed by atoms with van der Waals surface area (Å²) in [5.41, 5.74) is 2.13. The zero-order valence-electron chi connectivity index (χ0n) is 11.2. The Hall–Kier alpha value is -1.87. The lowest BCUT2D eigenvalue weighted by atomic mass is 10.00. The molecule has 0 aliphatic carbocycles. The maximum atomic E-state index is 6.03. The van der Waals surface area contributed by atoms with Gasteiger partial charge in [0, 0.05) is 22.7 Å². The Labute approximate surface area is 123 Å². The molecule has 4 heteroatoms. The number of nitrogens with one attached hydrogen (secondary N) is 1. The van der Waals surface area contributed by atoms with Gasteiger partial charge in [0.2, 0.25) is 0 Å². The summed E-state index contributed by atoms with van der Waals surface area (Å²) in [5, 5.41) is 4.24. The average Bonchev–Trinajstić information content (AvgIpc) is 2.47. The van der Waals surface area contributed by atoms with Crippen molar-refractivity contribution < 1.29 is 9.47 Å². The van der Waals surface area contributed by atoms with Crippen LogP contribution in [0.2, 0.25) is 5.02 Å². The van der Waals surface area contributed by atoms with Crippen molar-refractivity contribution in [2.45, 2.75) is 12.5 Å². The van der Waals surface area contributed by atoms with E-state index in [0.29, 0.717) is 6.61 Å². The summed E-state index contributed by atoms with van der Waals surface area (Å²) in [6, 6.07) is 13.9. The molecule has 2 aromatic rings. The van der Waals surface area contributed by atoms with Crippen molar-refractivity contribution in [3.8, 4) is 11.5 Å². The monoisotopic (exact) mass is 289 g/mol. The van der Waals surface area contributed by atoms with Crippen molar-refractivity contribution in [3.63, 3.8) is 0 Å². The summed E-state index contributed by atoms with van der Waals surface area (Å²) in [6.07, 6.45) is 0.909. The molecule has 1 heterocycles. The summed E-state index contributed by atoms with van der Waals surface area (Å²) in [6.45, 7) is 0.706. The third kappa shape index (κ3) is 2.68. The van der Waals surface area contributed by atoms with Crippen LogP contribution in [0.3, 0.4) is 0 Å². The standard InChI is InChI=1S/C16H16ClNO2/c1-19-13-5-6-16-14(10-13)15(7-8-20-16)18-12-4-2-3-11(17)9-12/h2-6,9-10,15,18H,7-8H2,1H3. The second-order valence-corrected chi connectivity index (χ2v) is 5.18. The number of fused-ring (bicyclic) bond motifs is 1. The first-order valence-corrected chi connectivity index (χ1v) is 6.97. The van der Waals surface area contributed by atoms with Crippen LogP contribution in [-0.4, -0.2) is 13.7 Å². The highest BCUT2D eigenvalue weighted by Crippen LogP contribution is 2.36. The van der Waals surface area contributed by atoms with E-state index < -0.39 is 0 Å². The van der Waals surface area contributed by atoms with Crippen molar-refractivity contribution >= 4 is 17.3 Å². The SMILES string of the molecule is COc1ccc2c(c1)C(Nc1cccc(Cl)c1)CCO2.